The minimum atomic E-state index is -3.97. The van der Waals surface area contributed by atoms with Crippen molar-refractivity contribution in [1.82, 2.24) is 4.31 Å². The Morgan fingerprint density at radius 1 is 1.00 bits per heavy atom. The van der Waals surface area contributed by atoms with Crippen LogP contribution in [-0.4, -0.2) is 45.2 Å². The molecule has 0 spiro atoms. The Bertz CT molecular complexity index is 867. The van der Waals surface area contributed by atoms with Crippen molar-refractivity contribution < 1.29 is 17.2 Å². The predicted octanol–water partition coefficient (Wildman–Crippen LogP) is 3.20. The minimum Gasteiger partial charge on any atom is -0.368 e. The molecule has 0 radical (unpaired) electrons. The summed E-state index contributed by atoms with van der Waals surface area (Å²) in [5.74, 6) is -1.86. The van der Waals surface area contributed by atoms with Gasteiger partial charge in [0.1, 0.15) is 16.5 Å². The molecule has 0 atom stereocenters. The Morgan fingerprint density at radius 3 is 2.32 bits per heavy atom. The van der Waals surface area contributed by atoms with Gasteiger partial charge in [-0.05, 0) is 30.5 Å². The van der Waals surface area contributed by atoms with E-state index in [9.17, 15) is 17.2 Å². The number of halogens is 2. The molecule has 1 aliphatic rings. The molecular weight excluding hydrogens is 366 g/mol. The van der Waals surface area contributed by atoms with Crippen molar-refractivity contribution in [3.63, 3.8) is 0 Å². The van der Waals surface area contributed by atoms with E-state index >= 15 is 0 Å². The van der Waals surface area contributed by atoms with Crippen LogP contribution in [0.15, 0.2) is 52.3 Å². The minimum absolute atomic E-state index is 0.252. The van der Waals surface area contributed by atoms with E-state index in [1.165, 1.54) is 4.31 Å². The molecule has 0 amide bonds. The molecule has 1 fully saturated rings. The van der Waals surface area contributed by atoms with Gasteiger partial charge in [0.15, 0.2) is 0 Å². The van der Waals surface area contributed by atoms with Crippen molar-refractivity contribution in [3.05, 3.63) is 54.1 Å². The van der Waals surface area contributed by atoms with Crippen molar-refractivity contribution in [1.29, 1.82) is 0 Å². The number of piperazine rings is 1. The Morgan fingerprint density at radius 2 is 1.68 bits per heavy atom. The Kier molecular flexibility index (Phi) is 5.31. The van der Waals surface area contributed by atoms with Crippen molar-refractivity contribution in [3.8, 4) is 0 Å². The van der Waals surface area contributed by atoms with Crippen LogP contribution in [0.2, 0.25) is 0 Å². The molecule has 0 unspecified atom stereocenters. The van der Waals surface area contributed by atoms with Crippen LogP contribution in [0.3, 0.4) is 0 Å². The number of nitrogens with zero attached hydrogens (tertiary/aromatic N) is 2. The van der Waals surface area contributed by atoms with E-state index in [1.807, 2.05) is 30.5 Å². The Hall–Kier alpha value is -1.64. The summed E-state index contributed by atoms with van der Waals surface area (Å²) in [5.41, 5.74) is 1.07. The topological polar surface area (TPSA) is 40.6 Å². The quantitative estimate of drug-likeness (QED) is 0.759. The first-order valence-electron chi connectivity index (χ1n) is 7.76. The molecule has 0 aliphatic carbocycles. The maximum Gasteiger partial charge on any atom is 0.246 e. The number of para-hydroxylation sites is 1. The lowest BCUT2D eigenvalue weighted by Gasteiger charge is -2.36. The second-order valence-corrected chi connectivity index (χ2v) is 8.39. The smallest absolute Gasteiger partial charge is 0.246 e. The Balaban J connectivity index is 1.77. The summed E-state index contributed by atoms with van der Waals surface area (Å²) in [4.78, 5) is 2.77. The van der Waals surface area contributed by atoms with Gasteiger partial charge in [0.05, 0.1) is 5.69 Å². The summed E-state index contributed by atoms with van der Waals surface area (Å²) in [5, 5.41) is 0. The molecule has 8 heteroatoms. The first-order valence-corrected chi connectivity index (χ1v) is 10.4. The Labute approximate surface area is 150 Å². The molecule has 25 heavy (non-hydrogen) atoms. The third-order valence-corrected chi connectivity index (χ3v) is 6.89. The molecule has 0 aromatic heterocycles. The molecule has 1 aliphatic heterocycles. The highest BCUT2D eigenvalue weighted by Gasteiger charge is 2.31. The van der Waals surface area contributed by atoms with Gasteiger partial charge >= 0.3 is 0 Å². The average Bonchev–Trinajstić information content (AvgIpc) is 2.61. The van der Waals surface area contributed by atoms with E-state index in [1.54, 1.807) is 11.8 Å². The molecular formula is C17H18F2N2O2S2. The highest BCUT2D eigenvalue weighted by Crippen LogP contribution is 2.30. The van der Waals surface area contributed by atoms with Crippen LogP contribution in [-0.2, 0) is 10.0 Å². The third kappa shape index (κ3) is 3.65. The van der Waals surface area contributed by atoms with Gasteiger partial charge < -0.3 is 4.90 Å². The standard InChI is InChI=1S/C17H18F2N2O2S2/c1-24-16-5-3-2-4-15(16)20-8-10-21(11-9-20)25(22,23)17-7-6-13(18)12-14(17)19/h2-7,12H,8-11H2,1H3. The van der Waals surface area contributed by atoms with E-state index in [0.717, 1.165) is 22.7 Å². The summed E-state index contributed by atoms with van der Waals surface area (Å²) in [6, 6.07) is 10.5. The maximum absolute atomic E-state index is 13.9. The van der Waals surface area contributed by atoms with Crippen LogP contribution >= 0.6 is 11.8 Å². The van der Waals surface area contributed by atoms with Crippen molar-refractivity contribution in [2.45, 2.75) is 9.79 Å². The van der Waals surface area contributed by atoms with Gasteiger partial charge in [-0.2, -0.15) is 4.31 Å². The first kappa shape index (κ1) is 18.2. The molecule has 1 saturated heterocycles. The van der Waals surface area contributed by atoms with Crippen molar-refractivity contribution in [2.24, 2.45) is 0 Å². The average molecular weight is 384 g/mol. The van der Waals surface area contributed by atoms with Gasteiger partial charge in [-0.1, -0.05) is 12.1 Å². The highest BCUT2D eigenvalue weighted by molar-refractivity contribution is 7.98. The molecule has 4 nitrogen and oxygen atoms in total. The zero-order valence-corrected chi connectivity index (χ0v) is 15.3. The van der Waals surface area contributed by atoms with Gasteiger partial charge in [0.25, 0.3) is 0 Å². The van der Waals surface area contributed by atoms with Crippen LogP contribution in [0.4, 0.5) is 14.5 Å². The van der Waals surface area contributed by atoms with E-state index in [-0.39, 0.29) is 13.1 Å². The summed E-state index contributed by atoms with van der Waals surface area (Å²) >= 11 is 1.64. The predicted molar refractivity (Wildman–Crippen MR) is 95.6 cm³/mol. The second kappa shape index (κ2) is 7.31. The van der Waals surface area contributed by atoms with Gasteiger partial charge in [-0.25, -0.2) is 17.2 Å². The van der Waals surface area contributed by atoms with Crippen molar-refractivity contribution in [2.75, 3.05) is 37.3 Å². The zero-order valence-electron chi connectivity index (χ0n) is 13.7. The van der Waals surface area contributed by atoms with Crippen LogP contribution in [0.25, 0.3) is 0 Å². The lowest BCUT2D eigenvalue weighted by atomic mass is 10.2. The van der Waals surface area contributed by atoms with Gasteiger partial charge in [-0.15, -0.1) is 11.8 Å². The van der Waals surface area contributed by atoms with E-state index < -0.39 is 26.6 Å². The molecule has 2 aromatic rings. The number of anilines is 1. The fourth-order valence-electron chi connectivity index (χ4n) is 2.88. The van der Waals surface area contributed by atoms with E-state index in [4.69, 9.17) is 0 Å². The van der Waals surface area contributed by atoms with Crippen LogP contribution < -0.4 is 4.90 Å². The van der Waals surface area contributed by atoms with Gasteiger partial charge in [0.2, 0.25) is 10.0 Å². The monoisotopic (exact) mass is 384 g/mol. The normalized spacial score (nSPS) is 16.2. The molecule has 3 rings (SSSR count). The van der Waals surface area contributed by atoms with Crippen LogP contribution in [0.1, 0.15) is 0 Å². The molecule has 0 saturated carbocycles. The summed E-state index contributed by atoms with van der Waals surface area (Å²) < 4.78 is 53.4. The highest BCUT2D eigenvalue weighted by atomic mass is 32.2. The summed E-state index contributed by atoms with van der Waals surface area (Å²) in [7, 11) is -3.97. The number of benzene rings is 2. The fourth-order valence-corrected chi connectivity index (χ4v) is 4.97. The largest absolute Gasteiger partial charge is 0.368 e. The van der Waals surface area contributed by atoms with E-state index in [2.05, 4.69) is 4.90 Å². The molecule has 134 valence electrons. The van der Waals surface area contributed by atoms with Crippen LogP contribution in [0, 0.1) is 11.6 Å². The molecule has 1 heterocycles. The number of thioether (sulfide) groups is 1. The molecule has 2 aromatic carbocycles. The summed E-state index contributed by atoms with van der Waals surface area (Å²) in [6.45, 7) is 1.53. The number of hydrogen-bond acceptors (Lipinski definition) is 4. The first-order chi connectivity index (χ1) is 11.9. The summed E-state index contributed by atoms with van der Waals surface area (Å²) in [6.07, 6.45) is 2.00. The second-order valence-electron chi connectivity index (χ2n) is 5.64. The maximum atomic E-state index is 13.9. The fraction of sp³-hybridized carbons (Fsp3) is 0.294. The SMILES string of the molecule is CSc1ccccc1N1CCN(S(=O)(=O)c2ccc(F)cc2F)CC1. The zero-order chi connectivity index (χ0) is 18.0. The van der Waals surface area contributed by atoms with Gasteiger partial charge in [-0.3, -0.25) is 0 Å². The number of hydrogen-bond donors (Lipinski definition) is 0. The van der Waals surface area contributed by atoms with Crippen LogP contribution in [0.5, 0.6) is 0 Å². The van der Waals surface area contributed by atoms with Gasteiger partial charge in [0, 0.05) is 37.1 Å². The molecule has 0 bridgehead atoms. The number of rotatable bonds is 4. The third-order valence-electron chi connectivity index (χ3n) is 4.18. The van der Waals surface area contributed by atoms with Crippen molar-refractivity contribution >= 4 is 27.5 Å². The van der Waals surface area contributed by atoms with E-state index in [0.29, 0.717) is 19.2 Å². The lowest BCUT2D eigenvalue weighted by molar-refractivity contribution is 0.381. The number of sulfonamides is 1. The lowest BCUT2D eigenvalue weighted by Crippen LogP contribution is -2.49. The molecule has 0 N–H and O–H groups in total.